The number of hydrogen-bond acceptors (Lipinski definition) is 5. The molecular weight excluding hydrogens is 382 g/mol. The average Bonchev–Trinajstić information content (AvgIpc) is 3.43. The Hall–Kier alpha value is -2.12. The van der Waals surface area contributed by atoms with Crippen molar-refractivity contribution in [3.8, 4) is 11.3 Å². The van der Waals surface area contributed by atoms with Gasteiger partial charge >= 0.3 is 0 Å². The quantitative estimate of drug-likeness (QED) is 0.654. The summed E-state index contributed by atoms with van der Waals surface area (Å²) in [6.45, 7) is 6.52. The summed E-state index contributed by atoms with van der Waals surface area (Å²) in [5.41, 5.74) is 3.87. The molecule has 2 heterocycles. The molecule has 4 rings (SSSR count). The molecule has 2 aliphatic rings. The summed E-state index contributed by atoms with van der Waals surface area (Å²) in [4.78, 5) is 2.25. The fraction of sp³-hybridized carbons (Fsp3) is 0.500. The van der Waals surface area contributed by atoms with Gasteiger partial charge in [-0.05, 0) is 43.7 Å². The summed E-state index contributed by atoms with van der Waals surface area (Å²) in [5, 5.41) is 28.0. The van der Waals surface area contributed by atoms with Crippen molar-refractivity contribution in [1.29, 1.82) is 10.8 Å². The van der Waals surface area contributed by atoms with Crippen LogP contribution in [0.1, 0.15) is 31.7 Å². The zero-order chi connectivity index (χ0) is 21.1. The van der Waals surface area contributed by atoms with Crippen molar-refractivity contribution in [2.24, 2.45) is 7.05 Å². The number of aliphatic hydroxyl groups is 1. The highest BCUT2D eigenvalue weighted by molar-refractivity contribution is 8.00. The number of benzene rings is 1. The molecule has 0 radical (unpaired) electrons. The first-order chi connectivity index (χ1) is 13.9. The summed E-state index contributed by atoms with van der Waals surface area (Å²) in [6, 6.07) is 10.9. The highest BCUT2D eigenvalue weighted by Crippen LogP contribution is 2.49. The molecule has 1 saturated carbocycles. The fourth-order valence-electron chi connectivity index (χ4n) is 4.04. The smallest absolute Gasteiger partial charge is 0.0973 e. The molecule has 1 aromatic carbocycles. The van der Waals surface area contributed by atoms with Gasteiger partial charge in [-0.15, -0.1) is 0 Å². The maximum atomic E-state index is 9.68. The molecule has 3 N–H and O–H groups in total. The van der Waals surface area contributed by atoms with Crippen LogP contribution in [0.3, 0.4) is 0 Å². The van der Waals surface area contributed by atoms with Crippen molar-refractivity contribution in [3.05, 3.63) is 42.1 Å². The number of amidine groups is 1. The lowest BCUT2D eigenvalue weighted by molar-refractivity contribution is 0.257. The van der Waals surface area contributed by atoms with Crippen molar-refractivity contribution in [3.63, 3.8) is 0 Å². The lowest BCUT2D eigenvalue weighted by atomic mass is 9.93. The largest absolute Gasteiger partial charge is 0.395 e. The van der Waals surface area contributed by atoms with Crippen molar-refractivity contribution < 1.29 is 5.11 Å². The SMILES string of the molecule is C=N.Cn1nccc1-c1ccc(C2(CN3CCSC(C)(CO)CC3=N)CC2)cc1. The van der Waals surface area contributed by atoms with Crippen molar-refractivity contribution in [2.45, 2.75) is 36.3 Å². The van der Waals surface area contributed by atoms with Gasteiger partial charge in [0.05, 0.1) is 18.1 Å². The van der Waals surface area contributed by atoms with Crippen LogP contribution >= 0.6 is 11.8 Å². The first-order valence-electron chi connectivity index (χ1n) is 9.96. The van der Waals surface area contributed by atoms with Crippen LogP contribution in [0, 0.1) is 10.8 Å². The van der Waals surface area contributed by atoms with Gasteiger partial charge in [0, 0.05) is 48.7 Å². The fourth-order valence-corrected chi connectivity index (χ4v) is 5.17. The van der Waals surface area contributed by atoms with Gasteiger partial charge in [-0.3, -0.25) is 10.1 Å². The molecule has 1 saturated heterocycles. The van der Waals surface area contributed by atoms with Gasteiger partial charge in [0.2, 0.25) is 0 Å². The lowest BCUT2D eigenvalue weighted by Gasteiger charge is -2.30. The zero-order valence-electron chi connectivity index (χ0n) is 17.3. The monoisotopic (exact) mass is 413 g/mol. The van der Waals surface area contributed by atoms with E-state index < -0.39 is 0 Å². The third-order valence-electron chi connectivity index (χ3n) is 6.03. The third kappa shape index (κ3) is 4.56. The summed E-state index contributed by atoms with van der Waals surface area (Å²) in [7, 11) is 1.97. The predicted molar refractivity (Wildman–Crippen MR) is 121 cm³/mol. The van der Waals surface area contributed by atoms with Crippen LogP contribution in [0.4, 0.5) is 0 Å². The second kappa shape index (κ2) is 8.71. The van der Waals surface area contributed by atoms with Crippen LogP contribution in [0.2, 0.25) is 0 Å². The molecule has 0 bridgehead atoms. The van der Waals surface area contributed by atoms with Gasteiger partial charge in [-0.2, -0.15) is 16.9 Å². The van der Waals surface area contributed by atoms with E-state index in [1.54, 1.807) is 11.8 Å². The van der Waals surface area contributed by atoms with Crippen molar-refractivity contribution >= 4 is 24.3 Å². The van der Waals surface area contributed by atoms with E-state index in [2.05, 4.69) is 47.9 Å². The summed E-state index contributed by atoms with van der Waals surface area (Å²) in [5.74, 6) is 1.64. The number of aliphatic hydroxyl groups excluding tert-OH is 1. The topological polar surface area (TPSA) is 89.0 Å². The lowest BCUT2D eigenvalue weighted by Crippen LogP contribution is -2.39. The first-order valence-corrected chi connectivity index (χ1v) is 10.9. The average molecular weight is 414 g/mol. The minimum absolute atomic E-state index is 0.133. The molecule has 1 atom stereocenters. The molecule has 0 amide bonds. The van der Waals surface area contributed by atoms with Crippen LogP contribution < -0.4 is 0 Å². The molecule has 1 aromatic heterocycles. The number of nitrogens with one attached hydrogen (secondary N) is 2. The van der Waals surface area contributed by atoms with Gasteiger partial charge in [0.15, 0.2) is 0 Å². The maximum Gasteiger partial charge on any atom is 0.0973 e. The highest BCUT2D eigenvalue weighted by Gasteiger charge is 2.46. The van der Waals surface area contributed by atoms with Crippen LogP contribution in [-0.2, 0) is 12.5 Å². The second-order valence-electron chi connectivity index (χ2n) is 8.20. The number of aromatic nitrogens is 2. The first kappa shape index (κ1) is 21.6. The van der Waals surface area contributed by atoms with Crippen LogP contribution in [0.5, 0.6) is 0 Å². The molecule has 1 aliphatic carbocycles. The molecule has 1 unspecified atom stereocenters. The normalized spacial score (nSPS) is 23.1. The van der Waals surface area contributed by atoms with Gasteiger partial charge < -0.3 is 15.4 Å². The molecule has 0 spiro atoms. The van der Waals surface area contributed by atoms with E-state index in [-0.39, 0.29) is 16.8 Å². The van der Waals surface area contributed by atoms with Gasteiger partial charge in [0.1, 0.15) is 0 Å². The predicted octanol–water partition coefficient (Wildman–Crippen LogP) is 3.55. The Morgan fingerprint density at radius 2 is 1.90 bits per heavy atom. The molecule has 2 aromatic rings. The summed E-state index contributed by atoms with van der Waals surface area (Å²) in [6.07, 6.45) is 4.84. The summed E-state index contributed by atoms with van der Waals surface area (Å²) < 4.78 is 1.68. The molecule has 6 nitrogen and oxygen atoms in total. The van der Waals surface area contributed by atoms with Crippen LogP contribution in [-0.4, -0.2) is 62.5 Å². The van der Waals surface area contributed by atoms with E-state index in [4.69, 9.17) is 10.8 Å². The Morgan fingerprint density at radius 1 is 1.21 bits per heavy atom. The molecule has 29 heavy (non-hydrogen) atoms. The Morgan fingerprint density at radius 3 is 2.45 bits per heavy atom. The van der Waals surface area contributed by atoms with E-state index >= 15 is 0 Å². The third-order valence-corrected chi connectivity index (χ3v) is 7.39. The van der Waals surface area contributed by atoms with Crippen molar-refractivity contribution in [2.75, 3.05) is 25.4 Å². The Bertz CT molecular complexity index is 845. The van der Waals surface area contributed by atoms with Gasteiger partial charge in [0.25, 0.3) is 0 Å². The minimum atomic E-state index is -0.215. The van der Waals surface area contributed by atoms with E-state index in [1.165, 1.54) is 24.0 Å². The number of aryl methyl sites for hydroxylation is 1. The number of thioether (sulfide) groups is 1. The number of rotatable bonds is 5. The van der Waals surface area contributed by atoms with E-state index in [0.717, 1.165) is 24.5 Å². The second-order valence-corrected chi connectivity index (χ2v) is 9.88. The minimum Gasteiger partial charge on any atom is -0.395 e. The zero-order valence-corrected chi connectivity index (χ0v) is 18.1. The van der Waals surface area contributed by atoms with Gasteiger partial charge in [-0.1, -0.05) is 24.3 Å². The number of nitrogens with zero attached hydrogens (tertiary/aromatic N) is 3. The molecule has 156 valence electrons. The number of hydrogen-bond donors (Lipinski definition) is 3. The Kier molecular flexibility index (Phi) is 6.49. The maximum absolute atomic E-state index is 9.68. The Labute approximate surface area is 177 Å². The molecule has 2 fully saturated rings. The van der Waals surface area contributed by atoms with E-state index in [9.17, 15) is 5.11 Å². The van der Waals surface area contributed by atoms with E-state index in [1.807, 2.05) is 24.0 Å². The van der Waals surface area contributed by atoms with Crippen LogP contribution in [0.25, 0.3) is 11.3 Å². The summed E-state index contributed by atoms with van der Waals surface area (Å²) >= 11 is 1.80. The van der Waals surface area contributed by atoms with Gasteiger partial charge in [-0.25, -0.2) is 0 Å². The highest BCUT2D eigenvalue weighted by atomic mass is 32.2. The molecule has 1 aliphatic heterocycles. The van der Waals surface area contributed by atoms with Crippen molar-refractivity contribution in [1.82, 2.24) is 14.7 Å². The standard InChI is InChI=1S/C21H28N4OS.CH3N/c1-20(15-26)13-19(22)25(11-12-27-20)14-21(8-9-21)17-5-3-16(4-6-17)18-7-10-23-24(18)2;1-2/h3-7,10,22,26H,8-9,11-15H2,1-2H3;2H,1H2. The Balaban J connectivity index is 0.00000117. The van der Waals surface area contributed by atoms with Crippen LogP contribution in [0.15, 0.2) is 36.5 Å². The molecule has 7 heteroatoms. The van der Waals surface area contributed by atoms with E-state index in [0.29, 0.717) is 12.3 Å². The molecular formula is C22H31N5OS.